The van der Waals surface area contributed by atoms with E-state index in [4.69, 9.17) is 4.42 Å². The van der Waals surface area contributed by atoms with E-state index in [9.17, 15) is 0 Å². The molecule has 0 spiro atoms. The number of rotatable bonds is 3. The SMILES string of the molecule is CNC(c1cccc(C)c1)c1ccoc1C. The average Bonchev–Trinajstić information content (AvgIpc) is 2.67. The molecule has 0 amide bonds. The van der Waals surface area contributed by atoms with Crippen LogP contribution in [0.3, 0.4) is 0 Å². The van der Waals surface area contributed by atoms with Gasteiger partial charge >= 0.3 is 0 Å². The Hall–Kier alpha value is -1.54. The van der Waals surface area contributed by atoms with Crippen molar-refractivity contribution in [3.8, 4) is 0 Å². The standard InChI is InChI=1S/C14H17NO/c1-10-5-4-6-12(9-10)14(15-3)13-7-8-16-11(13)2/h4-9,14-15H,1-3H3. The maximum atomic E-state index is 5.36. The fourth-order valence-corrected chi connectivity index (χ4v) is 2.05. The monoisotopic (exact) mass is 215 g/mol. The van der Waals surface area contributed by atoms with Crippen LogP contribution in [0.2, 0.25) is 0 Å². The zero-order chi connectivity index (χ0) is 11.5. The summed E-state index contributed by atoms with van der Waals surface area (Å²) in [4.78, 5) is 0. The molecule has 1 heterocycles. The van der Waals surface area contributed by atoms with E-state index in [1.807, 2.05) is 20.0 Å². The first-order valence-electron chi connectivity index (χ1n) is 5.50. The van der Waals surface area contributed by atoms with E-state index in [1.165, 1.54) is 16.7 Å². The summed E-state index contributed by atoms with van der Waals surface area (Å²) in [6.45, 7) is 4.11. The van der Waals surface area contributed by atoms with Crippen molar-refractivity contribution in [2.24, 2.45) is 0 Å². The Balaban J connectivity index is 2.40. The molecule has 2 rings (SSSR count). The number of nitrogens with one attached hydrogen (secondary N) is 1. The van der Waals surface area contributed by atoms with Gasteiger partial charge in [-0.2, -0.15) is 0 Å². The third kappa shape index (κ3) is 2.02. The van der Waals surface area contributed by atoms with Crippen LogP contribution >= 0.6 is 0 Å². The predicted octanol–water partition coefficient (Wildman–Crippen LogP) is 3.21. The van der Waals surface area contributed by atoms with Gasteiger partial charge < -0.3 is 9.73 Å². The van der Waals surface area contributed by atoms with Crippen LogP contribution in [-0.2, 0) is 0 Å². The van der Waals surface area contributed by atoms with Gasteiger partial charge in [0, 0.05) is 5.56 Å². The maximum absolute atomic E-state index is 5.36. The molecule has 0 aliphatic rings. The largest absolute Gasteiger partial charge is 0.469 e. The van der Waals surface area contributed by atoms with Crippen molar-refractivity contribution in [1.82, 2.24) is 5.32 Å². The highest BCUT2D eigenvalue weighted by molar-refractivity contribution is 5.34. The van der Waals surface area contributed by atoms with Crippen LogP contribution in [0.25, 0.3) is 0 Å². The Labute approximate surface area is 96.3 Å². The number of aryl methyl sites for hydroxylation is 2. The minimum atomic E-state index is 0.207. The van der Waals surface area contributed by atoms with E-state index >= 15 is 0 Å². The molecule has 1 N–H and O–H groups in total. The van der Waals surface area contributed by atoms with Gasteiger partial charge in [-0.25, -0.2) is 0 Å². The second-order valence-electron chi connectivity index (χ2n) is 4.07. The van der Waals surface area contributed by atoms with Gasteiger partial charge in [0.05, 0.1) is 12.3 Å². The minimum absolute atomic E-state index is 0.207. The van der Waals surface area contributed by atoms with Crippen molar-refractivity contribution in [1.29, 1.82) is 0 Å². The molecule has 0 saturated heterocycles. The summed E-state index contributed by atoms with van der Waals surface area (Å²) in [6, 6.07) is 10.8. The summed E-state index contributed by atoms with van der Waals surface area (Å²) in [7, 11) is 1.97. The summed E-state index contributed by atoms with van der Waals surface area (Å²) < 4.78 is 5.36. The van der Waals surface area contributed by atoms with Crippen LogP contribution in [0.15, 0.2) is 41.0 Å². The van der Waals surface area contributed by atoms with Crippen molar-refractivity contribution in [3.63, 3.8) is 0 Å². The fraction of sp³-hybridized carbons (Fsp3) is 0.286. The van der Waals surface area contributed by atoms with Crippen LogP contribution in [0, 0.1) is 13.8 Å². The van der Waals surface area contributed by atoms with Crippen molar-refractivity contribution in [3.05, 3.63) is 59.0 Å². The molecule has 0 aliphatic carbocycles. The van der Waals surface area contributed by atoms with E-state index in [0.29, 0.717) is 0 Å². The molecular weight excluding hydrogens is 198 g/mol. The van der Waals surface area contributed by atoms with Crippen LogP contribution in [0.4, 0.5) is 0 Å². The Morgan fingerprint density at radius 1 is 1.19 bits per heavy atom. The second kappa shape index (κ2) is 4.54. The first kappa shape index (κ1) is 11.0. The van der Waals surface area contributed by atoms with Gasteiger partial charge in [-0.05, 0) is 32.5 Å². The first-order chi connectivity index (χ1) is 7.72. The summed E-state index contributed by atoms with van der Waals surface area (Å²) in [6.07, 6.45) is 1.74. The minimum Gasteiger partial charge on any atom is -0.469 e. The molecule has 84 valence electrons. The highest BCUT2D eigenvalue weighted by Gasteiger charge is 2.15. The van der Waals surface area contributed by atoms with Crippen molar-refractivity contribution < 1.29 is 4.42 Å². The van der Waals surface area contributed by atoms with Gasteiger partial charge in [-0.1, -0.05) is 29.8 Å². The Bertz CT molecular complexity index is 473. The third-order valence-corrected chi connectivity index (χ3v) is 2.87. The molecule has 1 unspecified atom stereocenters. The topological polar surface area (TPSA) is 25.2 Å². The van der Waals surface area contributed by atoms with Gasteiger partial charge in [-0.15, -0.1) is 0 Å². The van der Waals surface area contributed by atoms with Crippen LogP contribution in [0.1, 0.15) is 28.5 Å². The quantitative estimate of drug-likeness (QED) is 0.850. The molecule has 0 fully saturated rings. The lowest BCUT2D eigenvalue weighted by Gasteiger charge is -2.16. The molecule has 0 aliphatic heterocycles. The lowest BCUT2D eigenvalue weighted by atomic mass is 9.98. The fourth-order valence-electron chi connectivity index (χ4n) is 2.05. The molecule has 16 heavy (non-hydrogen) atoms. The van der Waals surface area contributed by atoms with E-state index in [2.05, 4.69) is 36.5 Å². The van der Waals surface area contributed by atoms with Gasteiger partial charge in [0.25, 0.3) is 0 Å². The van der Waals surface area contributed by atoms with E-state index in [-0.39, 0.29) is 6.04 Å². The second-order valence-corrected chi connectivity index (χ2v) is 4.07. The summed E-state index contributed by atoms with van der Waals surface area (Å²) >= 11 is 0. The number of hydrogen-bond acceptors (Lipinski definition) is 2. The summed E-state index contributed by atoms with van der Waals surface area (Å²) in [5, 5.41) is 3.33. The lowest BCUT2D eigenvalue weighted by Crippen LogP contribution is -2.17. The smallest absolute Gasteiger partial charge is 0.105 e. The van der Waals surface area contributed by atoms with Crippen LogP contribution in [0.5, 0.6) is 0 Å². The third-order valence-electron chi connectivity index (χ3n) is 2.87. The first-order valence-corrected chi connectivity index (χ1v) is 5.50. The predicted molar refractivity (Wildman–Crippen MR) is 65.5 cm³/mol. The average molecular weight is 215 g/mol. The van der Waals surface area contributed by atoms with E-state index in [1.54, 1.807) is 6.26 Å². The normalized spacial score (nSPS) is 12.7. The molecule has 0 bridgehead atoms. The highest BCUT2D eigenvalue weighted by atomic mass is 16.3. The molecule has 0 saturated carbocycles. The maximum Gasteiger partial charge on any atom is 0.105 e. The Morgan fingerprint density at radius 2 is 2.00 bits per heavy atom. The Morgan fingerprint density at radius 3 is 2.56 bits per heavy atom. The number of benzene rings is 1. The number of furan rings is 1. The summed E-state index contributed by atoms with van der Waals surface area (Å²) in [5.41, 5.74) is 3.75. The highest BCUT2D eigenvalue weighted by Crippen LogP contribution is 2.25. The Kier molecular flexibility index (Phi) is 3.11. The molecule has 1 aromatic heterocycles. The van der Waals surface area contributed by atoms with Crippen molar-refractivity contribution in [2.45, 2.75) is 19.9 Å². The summed E-state index contributed by atoms with van der Waals surface area (Å²) in [5.74, 6) is 0.973. The van der Waals surface area contributed by atoms with E-state index in [0.717, 1.165) is 5.76 Å². The number of hydrogen-bond donors (Lipinski definition) is 1. The van der Waals surface area contributed by atoms with Crippen molar-refractivity contribution >= 4 is 0 Å². The van der Waals surface area contributed by atoms with Crippen LogP contribution in [-0.4, -0.2) is 7.05 Å². The zero-order valence-corrected chi connectivity index (χ0v) is 9.95. The van der Waals surface area contributed by atoms with Gasteiger partial charge in [-0.3, -0.25) is 0 Å². The van der Waals surface area contributed by atoms with E-state index < -0.39 is 0 Å². The van der Waals surface area contributed by atoms with Gasteiger partial charge in [0.1, 0.15) is 5.76 Å². The van der Waals surface area contributed by atoms with Gasteiger partial charge in [0.15, 0.2) is 0 Å². The molecule has 2 aromatic rings. The van der Waals surface area contributed by atoms with Gasteiger partial charge in [0.2, 0.25) is 0 Å². The molecule has 0 radical (unpaired) electrons. The van der Waals surface area contributed by atoms with Crippen LogP contribution < -0.4 is 5.32 Å². The molecule has 1 aromatic carbocycles. The van der Waals surface area contributed by atoms with Crippen molar-refractivity contribution in [2.75, 3.05) is 7.05 Å². The molecule has 1 atom stereocenters. The molecular formula is C14H17NO. The molecule has 2 nitrogen and oxygen atoms in total. The molecule has 2 heteroatoms. The lowest BCUT2D eigenvalue weighted by molar-refractivity contribution is 0.523. The zero-order valence-electron chi connectivity index (χ0n) is 9.95.